The Labute approximate surface area is 109 Å². The quantitative estimate of drug-likeness (QED) is 0.838. The number of ether oxygens (including phenoxy) is 1. The maximum atomic E-state index is 11.0. The molecule has 1 fully saturated rings. The van der Waals surface area contributed by atoms with E-state index in [1.54, 1.807) is 13.3 Å². The standard InChI is InChI=1S/C14H24N2O2/c1-3-10-16-13(12(18-2)11-15-16)14(17)8-6-4-5-7-9-14/h11,17H,3-10H2,1-2H3. The van der Waals surface area contributed by atoms with Crippen LogP contribution in [0.3, 0.4) is 0 Å². The molecular weight excluding hydrogens is 228 g/mol. The number of hydrogen-bond acceptors (Lipinski definition) is 3. The third kappa shape index (κ3) is 2.53. The highest BCUT2D eigenvalue weighted by Gasteiger charge is 2.36. The molecule has 0 aliphatic heterocycles. The molecule has 4 nitrogen and oxygen atoms in total. The molecule has 0 saturated heterocycles. The van der Waals surface area contributed by atoms with Crippen molar-refractivity contribution in [1.29, 1.82) is 0 Å². The third-order valence-electron chi connectivity index (χ3n) is 3.83. The fraction of sp³-hybridized carbons (Fsp3) is 0.786. The lowest BCUT2D eigenvalue weighted by molar-refractivity contribution is 0.00956. The number of aromatic nitrogens is 2. The Balaban J connectivity index is 2.36. The van der Waals surface area contributed by atoms with Gasteiger partial charge in [0.1, 0.15) is 11.3 Å². The second-order valence-corrected chi connectivity index (χ2v) is 5.23. The van der Waals surface area contributed by atoms with Gasteiger partial charge in [0.15, 0.2) is 5.75 Å². The fourth-order valence-electron chi connectivity index (χ4n) is 2.92. The van der Waals surface area contributed by atoms with Crippen LogP contribution < -0.4 is 4.74 Å². The van der Waals surface area contributed by atoms with Crippen LogP contribution in [0.15, 0.2) is 6.20 Å². The average molecular weight is 252 g/mol. The van der Waals surface area contributed by atoms with Crippen LogP contribution in [-0.4, -0.2) is 22.0 Å². The van der Waals surface area contributed by atoms with Crippen LogP contribution in [0.5, 0.6) is 5.75 Å². The molecule has 0 atom stereocenters. The van der Waals surface area contributed by atoms with Crippen LogP contribution in [0.25, 0.3) is 0 Å². The zero-order chi connectivity index (χ0) is 13.0. The minimum absolute atomic E-state index is 0.729. The van der Waals surface area contributed by atoms with Gasteiger partial charge in [0.25, 0.3) is 0 Å². The van der Waals surface area contributed by atoms with Gasteiger partial charge in [0.2, 0.25) is 0 Å². The van der Waals surface area contributed by atoms with Gasteiger partial charge in [-0.2, -0.15) is 5.10 Å². The molecule has 1 aromatic heterocycles. The second kappa shape index (κ2) is 5.74. The first kappa shape index (κ1) is 13.4. The molecule has 2 rings (SSSR count). The van der Waals surface area contributed by atoms with Crippen molar-refractivity contribution in [3.05, 3.63) is 11.9 Å². The van der Waals surface area contributed by atoms with Crippen molar-refractivity contribution >= 4 is 0 Å². The predicted octanol–water partition coefficient (Wildman–Crippen LogP) is 2.84. The van der Waals surface area contributed by atoms with Crippen LogP contribution >= 0.6 is 0 Å². The molecule has 18 heavy (non-hydrogen) atoms. The molecule has 4 heteroatoms. The molecular formula is C14H24N2O2. The van der Waals surface area contributed by atoms with Crippen molar-refractivity contribution in [2.75, 3.05) is 7.11 Å². The summed E-state index contributed by atoms with van der Waals surface area (Å²) in [6.07, 6.45) is 8.96. The van der Waals surface area contributed by atoms with Crippen molar-refractivity contribution in [3.63, 3.8) is 0 Å². The summed E-state index contributed by atoms with van der Waals surface area (Å²) in [5, 5.41) is 15.3. The van der Waals surface area contributed by atoms with Gasteiger partial charge in [0, 0.05) is 6.54 Å². The zero-order valence-electron chi connectivity index (χ0n) is 11.5. The van der Waals surface area contributed by atoms with Crippen molar-refractivity contribution in [1.82, 2.24) is 9.78 Å². The molecule has 1 saturated carbocycles. The van der Waals surface area contributed by atoms with Crippen molar-refractivity contribution in [2.45, 2.75) is 64.0 Å². The molecule has 0 unspecified atom stereocenters. The SMILES string of the molecule is CCCn1ncc(OC)c1C1(O)CCCCCC1. The first-order valence-electron chi connectivity index (χ1n) is 7.04. The minimum Gasteiger partial charge on any atom is -0.493 e. The smallest absolute Gasteiger partial charge is 0.162 e. The van der Waals surface area contributed by atoms with E-state index < -0.39 is 5.60 Å². The molecule has 102 valence electrons. The normalized spacial score (nSPS) is 19.5. The van der Waals surface area contributed by atoms with E-state index in [1.165, 1.54) is 12.8 Å². The Morgan fingerprint density at radius 1 is 1.33 bits per heavy atom. The highest BCUT2D eigenvalue weighted by Crippen LogP contribution is 2.40. The highest BCUT2D eigenvalue weighted by atomic mass is 16.5. The van der Waals surface area contributed by atoms with Crippen molar-refractivity contribution in [2.24, 2.45) is 0 Å². The zero-order valence-corrected chi connectivity index (χ0v) is 11.5. The third-order valence-corrected chi connectivity index (χ3v) is 3.83. The van der Waals surface area contributed by atoms with Crippen LogP contribution in [-0.2, 0) is 12.1 Å². The molecule has 0 bridgehead atoms. The Hall–Kier alpha value is -1.03. The molecule has 1 heterocycles. The Kier molecular flexibility index (Phi) is 4.27. The fourth-order valence-corrected chi connectivity index (χ4v) is 2.92. The molecule has 1 aromatic rings. The molecule has 1 N–H and O–H groups in total. The Morgan fingerprint density at radius 2 is 2.00 bits per heavy atom. The van der Waals surface area contributed by atoms with Gasteiger partial charge in [-0.05, 0) is 19.3 Å². The van der Waals surface area contributed by atoms with Crippen LogP contribution in [0.2, 0.25) is 0 Å². The maximum Gasteiger partial charge on any atom is 0.162 e. The topological polar surface area (TPSA) is 47.3 Å². The van der Waals surface area contributed by atoms with E-state index in [0.29, 0.717) is 0 Å². The average Bonchev–Trinajstić information content (AvgIpc) is 2.65. The summed E-state index contributed by atoms with van der Waals surface area (Å²) in [6.45, 7) is 2.95. The summed E-state index contributed by atoms with van der Waals surface area (Å²) < 4.78 is 7.31. The summed E-state index contributed by atoms with van der Waals surface area (Å²) in [4.78, 5) is 0. The molecule has 0 aromatic carbocycles. The van der Waals surface area contributed by atoms with Gasteiger partial charge < -0.3 is 9.84 Å². The van der Waals surface area contributed by atoms with E-state index in [2.05, 4.69) is 12.0 Å². The number of rotatable bonds is 4. The van der Waals surface area contributed by atoms with E-state index >= 15 is 0 Å². The molecule has 1 aliphatic rings. The summed E-state index contributed by atoms with van der Waals surface area (Å²) >= 11 is 0. The summed E-state index contributed by atoms with van der Waals surface area (Å²) in [7, 11) is 1.65. The Morgan fingerprint density at radius 3 is 2.56 bits per heavy atom. The first-order valence-corrected chi connectivity index (χ1v) is 7.04. The lowest BCUT2D eigenvalue weighted by Gasteiger charge is -2.28. The summed E-state index contributed by atoms with van der Waals surface area (Å²) in [5.74, 6) is 0.729. The van der Waals surface area contributed by atoms with Crippen LogP contribution in [0.1, 0.15) is 57.6 Å². The lowest BCUT2D eigenvalue weighted by Crippen LogP contribution is -2.29. The van der Waals surface area contributed by atoms with Gasteiger partial charge >= 0.3 is 0 Å². The molecule has 0 radical (unpaired) electrons. The van der Waals surface area contributed by atoms with Gasteiger partial charge in [0.05, 0.1) is 13.3 Å². The van der Waals surface area contributed by atoms with E-state index in [1.807, 2.05) is 4.68 Å². The Bertz CT molecular complexity index is 379. The van der Waals surface area contributed by atoms with E-state index in [-0.39, 0.29) is 0 Å². The highest BCUT2D eigenvalue weighted by molar-refractivity contribution is 5.31. The van der Waals surface area contributed by atoms with E-state index in [9.17, 15) is 5.11 Å². The first-order chi connectivity index (χ1) is 8.71. The van der Waals surface area contributed by atoms with Crippen molar-refractivity contribution in [3.8, 4) is 5.75 Å². The van der Waals surface area contributed by atoms with Gasteiger partial charge in [-0.15, -0.1) is 0 Å². The van der Waals surface area contributed by atoms with E-state index in [0.717, 1.165) is 50.1 Å². The minimum atomic E-state index is -0.756. The number of nitrogens with zero attached hydrogens (tertiary/aromatic N) is 2. The molecule has 0 amide bonds. The van der Waals surface area contributed by atoms with Crippen LogP contribution in [0, 0.1) is 0 Å². The summed E-state index contributed by atoms with van der Waals surface area (Å²) in [6, 6.07) is 0. The number of aryl methyl sites for hydroxylation is 1. The van der Waals surface area contributed by atoms with Gasteiger partial charge in [-0.3, -0.25) is 4.68 Å². The van der Waals surface area contributed by atoms with Gasteiger partial charge in [-0.25, -0.2) is 0 Å². The second-order valence-electron chi connectivity index (χ2n) is 5.23. The number of hydrogen-bond donors (Lipinski definition) is 1. The number of aliphatic hydroxyl groups is 1. The van der Waals surface area contributed by atoms with Crippen molar-refractivity contribution < 1.29 is 9.84 Å². The monoisotopic (exact) mass is 252 g/mol. The van der Waals surface area contributed by atoms with Gasteiger partial charge in [-0.1, -0.05) is 32.6 Å². The lowest BCUT2D eigenvalue weighted by atomic mass is 9.90. The van der Waals surface area contributed by atoms with E-state index in [4.69, 9.17) is 4.74 Å². The number of methoxy groups -OCH3 is 1. The predicted molar refractivity (Wildman–Crippen MR) is 70.7 cm³/mol. The maximum absolute atomic E-state index is 11.0. The largest absolute Gasteiger partial charge is 0.493 e. The summed E-state index contributed by atoms with van der Waals surface area (Å²) in [5.41, 5.74) is 0.127. The molecule has 1 aliphatic carbocycles. The molecule has 0 spiro atoms. The van der Waals surface area contributed by atoms with Crippen LogP contribution in [0.4, 0.5) is 0 Å².